The third kappa shape index (κ3) is 1.94. The number of hydrogen-bond acceptors (Lipinski definition) is 5. The van der Waals surface area contributed by atoms with Crippen LogP contribution < -0.4 is 10.6 Å². The third-order valence-electron chi connectivity index (χ3n) is 1.36. The lowest BCUT2D eigenvalue weighted by Crippen LogP contribution is -2.35. The molecule has 0 aliphatic rings. The first kappa shape index (κ1) is 8.51. The summed E-state index contributed by atoms with van der Waals surface area (Å²) in [4.78, 5) is 11.0. The van der Waals surface area contributed by atoms with Crippen LogP contribution in [0.1, 0.15) is 6.92 Å². The minimum absolute atomic E-state index is 0.119. The highest BCUT2D eigenvalue weighted by atomic mass is 16.5. The number of amides is 1. The number of aromatic nitrogens is 2. The van der Waals surface area contributed by atoms with E-state index >= 15 is 0 Å². The average Bonchev–Trinajstić information content (AvgIpc) is 2.55. The van der Waals surface area contributed by atoms with Gasteiger partial charge in [0.2, 0.25) is 11.8 Å². The highest BCUT2D eigenvalue weighted by molar-refractivity contribution is 5.83. The van der Waals surface area contributed by atoms with Gasteiger partial charge in [-0.25, -0.2) is 0 Å². The fourth-order valence-electron chi connectivity index (χ4n) is 0.726. The van der Waals surface area contributed by atoms with Crippen molar-refractivity contribution in [1.29, 1.82) is 0 Å². The maximum absolute atomic E-state index is 11.0. The molecular formula is C6H10N4O2. The molecule has 6 heteroatoms. The predicted molar refractivity (Wildman–Crippen MR) is 41.4 cm³/mol. The van der Waals surface area contributed by atoms with Gasteiger partial charge in [0.15, 0.2) is 0 Å². The number of anilines is 1. The van der Waals surface area contributed by atoms with Gasteiger partial charge in [-0.3, -0.25) is 4.79 Å². The Kier molecular flexibility index (Phi) is 2.62. The number of likely N-dealkylation sites (N-methyl/N-ethyl adjacent to an activating group) is 1. The molecule has 1 amide bonds. The highest BCUT2D eigenvalue weighted by Crippen LogP contribution is 2.02. The van der Waals surface area contributed by atoms with Gasteiger partial charge in [0.05, 0.1) is 0 Å². The zero-order chi connectivity index (χ0) is 8.97. The lowest BCUT2D eigenvalue weighted by Gasteiger charge is -2.09. The Labute approximate surface area is 69.3 Å². The number of carbonyl (C=O) groups excluding carboxylic acids is 1. The van der Waals surface area contributed by atoms with E-state index in [0.717, 1.165) is 0 Å². The summed E-state index contributed by atoms with van der Waals surface area (Å²) in [6.07, 6.45) is 1.40. The van der Waals surface area contributed by atoms with Crippen LogP contribution >= 0.6 is 0 Å². The summed E-state index contributed by atoms with van der Waals surface area (Å²) in [6, 6.07) is -0.357. The van der Waals surface area contributed by atoms with Crippen molar-refractivity contribution >= 4 is 11.8 Å². The van der Waals surface area contributed by atoms with E-state index in [1.807, 2.05) is 0 Å². The van der Waals surface area contributed by atoms with Crippen LogP contribution in [0.4, 0.5) is 5.88 Å². The van der Waals surface area contributed by atoms with Gasteiger partial charge in [0.25, 0.3) is 0 Å². The molecule has 0 saturated heterocycles. The number of nitrogens with one attached hydrogen (secondary N) is 2. The molecule has 0 aromatic carbocycles. The Morgan fingerprint density at radius 1 is 1.75 bits per heavy atom. The van der Waals surface area contributed by atoms with Crippen LogP contribution in [0, 0.1) is 0 Å². The molecule has 1 rings (SSSR count). The second-order valence-corrected chi connectivity index (χ2v) is 2.26. The van der Waals surface area contributed by atoms with Gasteiger partial charge < -0.3 is 15.2 Å². The molecule has 1 atom stereocenters. The first-order valence-corrected chi connectivity index (χ1v) is 3.49. The number of rotatable bonds is 3. The molecule has 0 fully saturated rings. The summed E-state index contributed by atoms with van der Waals surface area (Å²) in [6.45, 7) is 1.71. The maximum atomic E-state index is 11.0. The van der Waals surface area contributed by atoms with Crippen molar-refractivity contribution in [2.75, 3.05) is 12.4 Å². The topological polar surface area (TPSA) is 80.0 Å². The van der Waals surface area contributed by atoms with E-state index < -0.39 is 0 Å². The largest absolute Gasteiger partial charge is 0.357 e. The number of hydrogen-bond donors (Lipinski definition) is 2. The Bertz CT molecular complexity index is 246. The fourth-order valence-corrected chi connectivity index (χ4v) is 0.726. The molecule has 12 heavy (non-hydrogen) atoms. The molecule has 2 N–H and O–H groups in total. The number of carbonyl (C=O) groups is 1. The molecule has 0 saturated carbocycles. The SMILES string of the molecule is CNC(=O)[C@H](C)Nc1cnno1. The van der Waals surface area contributed by atoms with Gasteiger partial charge in [-0.05, 0) is 6.92 Å². The summed E-state index contributed by atoms with van der Waals surface area (Å²) in [5.41, 5.74) is 0. The van der Waals surface area contributed by atoms with Crippen molar-refractivity contribution in [3.05, 3.63) is 6.20 Å². The zero-order valence-corrected chi connectivity index (χ0v) is 6.87. The predicted octanol–water partition coefficient (Wildman–Crippen LogP) is -0.384. The van der Waals surface area contributed by atoms with Crippen LogP contribution in [0.3, 0.4) is 0 Å². The van der Waals surface area contributed by atoms with Crippen LogP contribution in [-0.4, -0.2) is 29.4 Å². The molecule has 0 radical (unpaired) electrons. The van der Waals surface area contributed by atoms with Crippen LogP contribution in [0.15, 0.2) is 10.7 Å². The van der Waals surface area contributed by atoms with Gasteiger partial charge in [0, 0.05) is 12.3 Å². The summed E-state index contributed by atoms with van der Waals surface area (Å²) in [5, 5.41) is 12.0. The molecule has 0 bridgehead atoms. The second kappa shape index (κ2) is 3.70. The molecule has 1 aromatic heterocycles. The van der Waals surface area contributed by atoms with Gasteiger partial charge in [0.1, 0.15) is 12.2 Å². The quantitative estimate of drug-likeness (QED) is 0.646. The molecule has 0 aliphatic carbocycles. The molecule has 0 unspecified atom stereocenters. The van der Waals surface area contributed by atoms with Crippen LogP contribution in [0.5, 0.6) is 0 Å². The van der Waals surface area contributed by atoms with Crippen molar-refractivity contribution in [2.45, 2.75) is 13.0 Å². The highest BCUT2D eigenvalue weighted by Gasteiger charge is 2.11. The van der Waals surface area contributed by atoms with Crippen molar-refractivity contribution in [1.82, 2.24) is 15.7 Å². The van der Waals surface area contributed by atoms with E-state index in [0.29, 0.717) is 5.88 Å². The van der Waals surface area contributed by atoms with Crippen LogP contribution in [-0.2, 0) is 4.79 Å². The fraction of sp³-hybridized carbons (Fsp3) is 0.500. The van der Waals surface area contributed by atoms with E-state index in [-0.39, 0.29) is 11.9 Å². The molecule has 1 aromatic rings. The first-order valence-electron chi connectivity index (χ1n) is 3.49. The molecular weight excluding hydrogens is 160 g/mol. The monoisotopic (exact) mass is 170 g/mol. The normalized spacial score (nSPS) is 12.2. The molecule has 66 valence electrons. The van der Waals surface area contributed by atoms with E-state index in [9.17, 15) is 4.79 Å². The van der Waals surface area contributed by atoms with E-state index in [1.165, 1.54) is 6.20 Å². The summed E-state index contributed by atoms with van der Waals surface area (Å²) in [5.74, 6) is 0.262. The molecule has 6 nitrogen and oxygen atoms in total. The Morgan fingerprint density at radius 2 is 2.50 bits per heavy atom. The lowest BCUT2D eigenvalue weighted by atomic mass is 10.3. The second-order valence-electron chi connectivity index (χ2n) is 2.26. The van der Waals surface area contributed by atoms with E-state index in [1.54, 1.807) is 14.0 Å². The molecule has 0 aliphatic heterocycles. The van der Waals surface area contributed by atoms with Gasteiger partial charge in [-0.2, -0.15) is 0 Å². The zero-order valence-electron chi connectivity index (χ0n) is 6.87. The van der Waals surface area contributed by atoms with Gasteiger partial charge >= 0.3 is 0 Å². The van der Waals surface area contributed by atoms with E-state index in [2.05, 4.69) is 25.5 Å². The Hall–Kier alpha value is -1.59. The standard InChI is InChI=1S/C6H10N4O2/c1-4(6(11)7-2)9-5-3-8-10-12-5/h3-4,9H,1-2H3,(H,7,11)/t4-/m0/s1. The summed E-state index contributed by atoms with van der Waals surface area (Å²) < 4.78 is 4.65. The van der Waals surface area contributed by atoms with Gasteiger partial charge in [-0.1, -0.05) is 0 Å². The maximum Gasteiger partial charge on any atom is 0.246 e. The van der Waals surface area contributed by atoms with Crippen molar-refractivity contribution in [3.8, 4) is 0 Å². The molecule has 0 spiro atoms. The number of nitrogens with zero attached hydrogens (tertiary/aromatic N) is 2. The van der Waals surface area contributed by atoms with E-state index in [4.69, 9.17) is 0 Å². The van der Waals surface area contributed by atoms with Crippen LogP contribution in [0.25, 0.3) is 0 Å². The lowest BCUT2D eigenvalue weighted by molar-refractivity contribution is -0.121. The van der Waals surface area contributed by atoms with Crippen molar-refractivity contribution in [2.24, 2.45) is 0 Å². The third-order valence-corrected chi connectivity index (χ3v) is 1.36. The molecule has 1 heterocycles. The van der Waals surface area contributed by atoms with Crippen LogP contribution in [0.2, 0.25) is 0 Å². The van der Waals surface area contributed by atoms with Crippen molar-refractivity contribution < 1.29 is 9.32 Å². The van der Waals surface area contributed by atoms with Crippen molar-refractivity contribution in [3.63, 3.8) is 0 Å². The summed E-state index contributed by atoms with van der Waals surface area (Å²) in [7, 11) is 1.57. The minimum atomic E-state index is -0.357. The smallest absolute Gasteiger partial charge is 0.246 e. The van der Waals surface area contributed by atoms with Gasteiger partial charge in [-0.15, -0.1) is 5.10 Å². The average molecular weight is 170 g/mol. The minimum Gasteiger partial charge on any atom is -0.357 e. The summed E-state index contributed by atoms with van der Waals surface area (Å²) >= 11 is 0. The first-order chi connectivity index (χ1) is 5.74. The Balaban J connectivity index is 2.47. The Morgan fingerprint density at radius 3 is 3.00 bits per heavy atom.